The Hall–Kier alpha value is -2.60. The van der Waals surface area contributed by atoms with Gasteiger partial charge in [0.25, 0.3) is 5.91 Å². The van der Waals surface area contributed by atoms with Crippen molar-refractivity contribution in [1.29, 1.82) is 0 Å². The predicted molar refractivity (Wildman–Crippen MR) is 95.6 cm³/mol. The lowest BCUT2D eigenvalue weighted by atomic mass is 10.2. The van der Waals surface area contributed by atoms with Crippen molar-refractivity contribution in [2.75, 3.05) is 5.32 Å². The molecule has 0 unspecified atom stereocenters. The van der Waals surface area contributed by atoms with Gasteiger partial charge in [0.15, 0.2) is 0 Å². The van der Waals surface area contributed by atoms with Crippen LogP contribution in [0.4, 0.5) is 5.82 Å². The van der Waals surface area contributed by atoms with E-state index in [4.69, 9.17) is 4.74 Å². The monoisotopic (exact) mass is 341 g/mol. The number of aryl methyl sites for hydroxylation is 2. The van der Waals surface area contributed by atoms with E-state index in [2.05, 4.69) is 10.4 Å². The Morgan fingerprint density at radius 2 is 2.17 bits per heavy atom. The molecule has 2 aromatic heterocycles. The van der Waals surface area contributed by atoms with E-state index in [0.29, 0.717) is 23.7 Å². The van der Waals surface area contributed by atoms with Crippen LogP contribution in [0.1, 0.15) is 27.9 Å². The fourth-order valence-electron chi connectivity index (χ4n) is 2.28. The fraction of sp³-hybridized carbons (Fsp3) is 0.222. The highest BCUT2D eigenvalue weighted by molar-refractivity contribution is 7.09. The third-order valence-electron chi connectivity index (χ3n) is 3.59. The maximum absolute atomic E-state index is 12.4. The molecule has 0 saturated carbocycles. The molecule has 124 valence electrons. The molecule has 5 nitrogen and oxygen atoms in total. The Balaban J connectivity index is 1.68. The molecule has 0 aliphatic carbocycles. The number of hydrogen-bond acceptors (Lipinski definition) is 4. The zero-order valence-corrected chi connectivity index (χ0v) is 14.5. The summed E-state index contributed by atoms with van der Waals surface area (Å²) in [5.74, 6) is 1.18. The van der Waals surface area contributed by atoms with Crippen LogP contribution in [-0.2, 0) is 20.1 Å². The molecule has 0 bridgehead atoms. The quantitative estimate of drug-likeness (QED) is 0.740. The summed E-state index contributed by atoms with van der Waals surface area (Å²) in [6.45, 7) is 2.53. The fourth-order valence-corrected chi connectivity index (χ4v) is 2.90. The van der Waals surface area contributed by atoms with Gasteiger partial charge in [-0.3, -0.25) is 9.48 Å². The molecule has 6 heteroatoms. The largest absolute Gasteiger partial charge is 0.488 e. The summed E-state index contributed by atoms with van der Waals surface area (Å²) in [4.78, 5) is 13.6. The van der Waals surface area contributed by atoms with Crippen LogP contribution in [0.15, 0.2) is 47.8 Å². The Bertz CT molecular complexity index is 825. The Morgan fingerprint density at radius 3 is 2.88 bits per heavy atom. The van der Waals surface area contributed by atoms with Gasteiger partial charge < -0.3 is 10.1 Å². The van der Waals surface area contributed by atoms with Crippen LogP contribution in [0, 0.1) is 0 Å². The molecule has 0 aliphatic rings. The lowest BCUT2D eigenvalue weighted by Crippen LogP contribution is -2.14. The third-order valence-corrected chi connectivity index (χ3v) is 4.44. The van der Waals surface area contributed by atoms with Crippen LogP contribution >= 0.6 is 11.3 Å². The van der Waals surface area contributed by atoms with Crippen LogP contribution in [0.5, 0.6) is 5.75 Å². The van der Waals surface area contributed by atoms with Crippen molar-refractivity contribution in [1.82, 2.24) is 9.78 Å². The van der Waals surface area contributed by atoms with Crippen molar-refractivity contribution in [3.8, 4) is 5.75 Å². The van der Waals surface area contributed by atoms with Crippen LogP contribution in [-0.4, -0.2) is 15.7 Å². The maximum atomic E-state index is 12.4. The minimum absolute atomic E-state index is 0.178. The van der Waals surface area contributed by atoms with E-state index in [9.17, 15) is 4.79 Å². The van der Waals surface area contributed by atoms with E-state index < -0.39 is 0 Å². The van der Waals surface area contributed by atoms with Gasteiger partial charge in [-0.15, -0.1) is 11.3 Å². The molecular formula is C18H19N3O2S. The summed E-state index contributed by atoms with van der Waals surface area (Å²) in [6.07, 6.45) is 0.829. The van der Waals surface area contributed by atoms with Gasteiger partial charge >= 0.3 is 0 Å². The lowest BCUT2D eigenvalue weighted by Gasteiger charge is -2.08. The van der Waals surface area contributed by atoms with Crippen molar-refractivity contribution in [2.24, 2.45) is 7.05 Å². The number of ether oxygens (including phenoxy) is 1. The van der Waals surface area contributed by atoms with E-state index in [1.54, 1.807) is 28.2 Å². The number of hydrogen-bond donors (Lipinski definition) is 1. The van der Waals surface area contributed by atoms with Gasteiger partial charge in [-0.25, -0.2) is 0 Å². The number of rotatable bonds is 6. The summed E-state index contributed by atoms with van der Waals surface area (Å²) in [6, 6.07) is 13.1. The Kier molecular flexibility index (Phi) is 4.96. The molecule has 0 atom stereocenters. The molecule has 24 heavy (non-hydrogen) atoms. The maximum Gasteiger partial charge on any atom is 0.256 e. The van der Waals surface area contributed by atoms with Crippen LogP contribution in [0.2, 0.25) is 0 Å². The highest BCUT2D eigenvalue weighted by atomic mass is 32.1. The molecule has 0 aliphatic heterocycles. The molecule has 1 amide bonds. The molecule has 3 rings (SSSR count). The molecule has 3 aromatic rings. The first kappa shape index (κ1) is 16.3. The average Bonchev–Trinajstić information content (AvgIpc) is 3.23. The van der Waals surface area contributed by atoms with E-state index in [0.717, 1.165) is 17.0 Å². The number of nitrogens with zero attached hydrogens (tertiary/aromatic N) is 2. The third kappa shape index (κ3) is 3.83. The average molecular weight is 341 g/mol. The van der Waals surface area contributed by atoms with Gasteiger partial charge in [-0.05, 0) is 36.1 Å². The smallest absolute Gasteiger partial charge is 0.256 e. The van der Waals surface area contributed by atoms with E-state index >= 15 is 0 Å². The van der Waals surface area contributed by atoms with Gasteiger partial charge in [0.05, 0.1) is 5.69 Å². The Morgan fingerprint density at radius 1 is 1.29 bits per heavy atom. The number of thiophene rings is 1. The first-order valence-electron chi connectivity index (χ1n) is 7.75. The Labute approximate surface area is 144 Å². The number of carbonyl (C=O) groups excluding carboxylic acids is 1. The second kappa shape index (κ2) is 7.31. The van der Waals surface area contributed by atoms with E-state index in [1.165, 1.54) is 0 Å². The van der Waals surface area contributed by atoms with Gasteiger partial charge in [-0.1, -0.05) is 19.1 Å². The van der Waals surface area contributed by atoms with Crippen LogP contribution in [0.3, 0.4) is 0 Å². The molecule has 2 heterocycles. The summed E-state index contributed by atoms with van der Waals surface area (Å²) in [7, 11) is 1.81. The van der Waals surface area contributed by atoms with Crippen molar-refractivity contribution < 1.29 is 9.53 Å². The molecule has 1 N–H and O–H groups in total. The van der Waals surface area contributed by atoms with Crippen molar-refractivity contribution in [3.05, 3.63) is 64.0 Å². The standard InChI is InChI=1S/C18H19N3O2S/c1-3-14-11-17(21(2)20-14)19-18(22)13-6-4-7-15(10-13)23-12-16-8-5-9-24-16/h4-11H,3,12H2,1-2H3,(H,19,22). The molecule has 0 fully saturated rings. The van der Waals surface area contributed by atoms with Gasteiger partial charge in [0.1, 0.15) is 18.2 Å². The normalized spacial score (nSPS) is 10.6. The molecule has 0 saturated heterocycles. The molecule has 0 spiro atoms. The van der Waals surface area contributed by atoms with Gasteiger partial charge in [0.2, 0.25) is 0 Å². The second-order valence-electron chi connectivity index (χ2n) is 5.35. The number of anilines is 1. The lowest BCUT2D eigenvalue weighted by molar-refractivity contribution is 0.102. The zero-order valence-electron chi connectivity index (χ0n) is 13.7. The van der Waals surface area contributed by atoms with E-state index in [1.807, 2.05) is 49.7 Å². The van der Waals surface area contributed by atoms with Crippen molar-refractivity contribution in [3.63, 3.8) is 0 Å². The molecule has 0 radical (unpaired) electrons. The number of amides is 1. The van der Waals surface area contributed by atoms with Crippen LogP contribution < -0.4 is 10.1 Å². The summed E-state index contributed by atoms with van der Waals surface area (Å²) < 4.78 is 7.42. The van der Waals surface area contributed by atoms with Gasteiger partial charge in [-0.2, -0.15) is 5.10 Å². The summed E-state index contributed by atoms with van der Waals surface area (Å²) in [5.41, 5.74) is 1.50. The first-order chi connectivity index (χ1) is 11.7. The van der Waals surface area contributed by atoms with Crippen molar-refractivity contribution >= 4 is 23.1 Å². The van der Waals surface area contributed by atoms with Gasteiger partial charge in [0, 0.05) is 23.6 Å². The SMILES string of the molecule is CCc1cc(NC(=O)c2cccc(OCc3cccs3)c2)n(C)n1. The minimum atomic E-state index is -0.178. The summed E-state index contributed by atoms with van der Waals surface area (Å²) in [5, 5.41) is 9.23. The topological polar surface area (TPSA) is 56.1 Å². The van der Waals surface area contributed by atoms with Crippen molar-refractivity contribution in [2.45, 2.75) is 20.0 Å². The highest BCUT2D eigenvalue weighted by Crippen LogP contribution is 2.18. The number of nitrogens with one attached hydrogen (secondary N) is 1. The van der Waals surface area contributed by atoms with E-state index in [-0.39, 0.29) is 5.91 Å². The molecular weight excluding hydrogens is 322 g/mol. The zero-order chi connectivity index (χ0) is 16.9. The number of carbonyl (C=O) groups is 1. The highest BCUT2D eigenvalue weighted by Gasteiger charge is 2.11. The number of benzene rings is 1. The second-order valence-corrected chi connectivity index (χ2v) is 6.38. The summed E-state index contributed by atoms with van der Waals surface area (Å²) >= 11 is 1.65. The first-order valence-corrected chi connectivity index (χ1v) is 8.63. The number of aromatic nitrogens is 2. The molecule has 1 aromatic carbocycles. The van der Waals surface area contributed by atoms with Crippen LogP contribution in [0.25, 0.3) is 0 Å². The predicted octanol–water partition coefficient (Wildman–Crippen LogP) is 3.88. The minimum Gasteiger partial charge on any atom is -0.488 e.